The van der Waals surface area contributed by atoms with Crippen LogP contribution in [-0.2, 0) is 11.3 Å². The van der Waals surface area contributed by atoms with E-state index in [-0.39, 0.29) is 12.1 Å². The summed E-state index contributed by atoms with van der Waals surface area (Å²) in [5.74, 6) is 1.45. The molecule has 1 N–H and O–H groups in total. The molecule has 2 aliphatic heterocycles. The van der Waals surface area contributed by atoms with Crippen LogP contribution in [0.5, 0.6) is 11.5 Å². The van der Waals surface area contributed by atoms with Crippen molar-refractivity contribution in [3.05, 3.63) is 59.2 Å². The second-order valence-corrected chi connectivity index (χ2v) is 9.38. The lowest BCUT2D eigenvalue weighted by molar-refractivity contribution is 0.0163. The van der Waals surface area contributed by atoms with Crippen molar-refractivity contribution in [3.63, 3.8) is 0 Å². The lowest BCUT2D eigenvalue weighted by atomic mass is 10.0. The number of aryl methyl sites for hydroxylation is 1. The van der Waals surface area contributed by atoms with Crippen molar-refractivity contribution in [3.8, 4) is 11.5 Å². The van der Waals surface area contributed by atoms with Crippen molar-refractivity contribution < 1.29 is 19.0 Å². The monoisotopic (exact) mass is 496 g/mol. The number of rotatable bonds is 9. The van der Waals surface area contributed by atoms with Gasteiger partial charge >= 0.3 is 6.03 Å². The molecular weight excluding hydrogens is 456 g/mol. The van der Waals surface area contributed by atoms with Crippen LogP contribution in [0.25, 0.3) is 0 Å². The summed E-state index contributed by atoms with van der Waals surface area (Å²) in [6.07, 6.45) is 0. The van der Waals surface area contributed by atoms with Gasteiger partial charge in [0.15, 0.2) is 11.5 Å². The standard InChI is InChI=1S/C28H40N4O4/c1-4-36-26-10-9-23(19-27(26)34-3)25(31-15-17-35-18-16-31)20-29-28(33)32-13-11-30(12-14-32)21-24-8-6-5-7-22(24)2/h5-10,19,25H,4,11-18,20-21H2,1-3H3,(H,29,33)/t25-/m1/s1. The van der Waals surface area contributed by atoms with Gasteiger partial charge in [-0.15, -0.1) is 0 Å². The second kappa shape index (κ2) is 12.9. The molecule has 196 valence electrons. The van der Waals surface area contributed by atoms with E-state index in [9.17, 15) is 4.79 Å². The van der Waals surface area contributed by atoms with Crippen LogP contribution in [0.15, 0.2) is 42.5 Å². The molecule has 2 aromatic rings. The molecule has 4 rings (SSSR count). The first-order valence-electron chi connectivity index (χ1n) is 13.0. The zero-order valence-corrected chi connectivity index (χ0v) is 21.9. The SMILES string of the molecule is CCOc1ccc([C@@H](CNC(=O)N2CCN(Cc3ccccc3C)CC2)N2CCOCC2)cc1OC. The Labute approximate surface area is 215 Å². The number of nitrogens with one attached hydrogen (secondary N) is 1. The molecule has 0 aliphatic carbocycles. The van der Waals surface area contributed by atoms with E-state index in [2.05, 4.69) is 52.4 Å². The van der Waals surface area contributed by atoms with Gasteiger partial charge < -0.3 is 24.4 Å². The van der Waals surface area contributed by atoms with Crippen LogP contribution in [0.3, 0.4) is 0 Å². The predicted octanol–water partition coefficient (Wildman–Crippen LogP) is 3.30. The molecular formula is C28H40N4O4. The van der Waals surface area contributed by atoms with E-state index in [1.54, 1.807) is 7.11 Å². The fourth-order valence-corrected chi connectivity index (χ4v) is 4.95. The van der Waals surface area contributed by atoms with E-state index >= 15 is 0 Å². The van der Waals surface area contributed by atoms with Crippen LogP contribution in [0, 0.1) is 6.92 Å². The minimum absolute atomic E-state index is 0.00158. The van der Waals surface area contributed by atoms with E-state index in [1.807, 2.05) is 24.0 Å². The van der Waals surface area contributed by atoms with Gasteiger partial charge in [-0.25, -0.2) is 4.79 Å². The van der Waals surface area contributed by atoms with E-state index < -0.39 is 0 Å². The average Bonchev–Trinajstić information content (AvgIpc) is 2.92. The quantitative estimate of drug-likeness (QED) is 0.575. The Balaban J connectivity index is 1.36. The maximum absolute atomic E-state index is 13.1. The zero-order valence-electron chi connectivity index (χ0n) is 21.9. The molecule has 2 amide bonds. The molecule has 0 aromatic heterocycles. The van der Waals surface area contributed by atoms with Crippen molar-refractivity contribution in [2.45, 2.75) is 26.4 Å². The second-order valence-electron chi connectivity index (χ2n) is 9.38. The van der Waals surface area contributed by atoms with E-state index in [0.29, 0.717) is 32.1 Å². The molecule has 0 unspecified atom stereocenters. The molecule has 2 heterocycles. The number of piperazine rings is 1. The molecule has 2 saturated heterocycles. The molecule has 36 heavy (non-hydrogen) atoms. The Morgan fingerprint density at radius 1 is 1.03 bits per heavy atom. The lowest BCUT2D eigenvalue weighted by Crippen LogP contribution is -2.53. The van der Waals surface area contributed by atoms with Gasteiger partial charge in [0.25, 0.3) is 0 Å². The van der Waals surface area contributed by atoms with Crippen molar-refractivity contribution in [2.75, 3.05) is 72.7 Å². The molecule has 8 nitrogen and oxygen atoms in total. The molecule has 0 radical (unpaired) electrons. The highest BCUT2D eigenvalue weighted by atomic mass is 16.5. The average molecular weight is 497 g/mol. The van der Waals surface area contributed by atoms with E-state index in [0.717, 1.165) is 57.1 Å². The number of methoxy groups -OCH3 is 1. The molecule has 2 fully saturated rings. The van der Waals surface area contributed by atoms with Crippen molar-refractivity contribution in [2.24, 2.45) is 0 Å². The third-order valence-electron chi connectivity index (χ3n) is 7.12. The van der Waals surface area contributed by atoms with Crippen molar-refractivity contribution >= 4 is 6.03 Å². The molecule has 0 spiro atoms. The summed E-state index contributed by atoms with van der Waals surface area (Å²) >= 11 is 0. The van der Waals surface area contributed by atoms with Gasteiger partial charge in [-0.1, -0.05) is 30.3 Å². The number of nitrogens with zero attached hydrogens (tertiary/aromatic N) is 3. The molecule has 8 heteroatoms. The smallest absolute Gasteiger partial charge is 0.317 e. The topological polar surface area (TPSA) is 66.5 Å². The number of urea groups is 1. The van der Waals surface area contributed by atoms with Crippen LogP contribution in [0.2, 0.25) is 0 Å². The van der Waals surface area contributed by atoms with E-state index in [4.69, 9.17) is 14.2 Å². The molecule has 0 bridgehead atoms. The number of carbonyl (C=O) groups is 1. The lowest BCUT2D eigenvalue weighted by Gasteiger charge is -2.37. The summed E-state index contributed by atoms with van der Waals surface area (Å²) in [6.45, 7) is 12.4. The van der Waals surface area contributed by atoms with Gasteiger partial charge in [0.2, 0.25) is 0 Å². The third kappa shape index (κ3) is 6.69. The van der Waals surface area contributed by atoms with Crippen LogP contribution in [0.4, 0.5) is 4.79 Å². The summed E-state index contributed by atoms with van der Waals surface area (Å²) in [4.78, 5) is 19.8. The minimum atomic E-state index is 0.00158. The Hall–Kier alpha value is -2.81. The van der Waals surface area contributed by atoms with Crippen LogP contribution >= 0.6 is 0 Å². The fraction of sp³-hybridized carbons (Fsp3) is 0.536. The van der Waals surface area contributed by atoms with Gasteiger partial charge in [-0.3, -0.25) is 9.80 Å². The number of amides is 2. The van der Waals surface area contributed by atoms with Gasteiger partial charge in [0, 0.05) is 52.4 Å². The summed E-state index contributed by atoms with van der Waals surface area (Å²) in [5, 5.41) is 3.21. The maximum Gasteiger partial charge on any atom is 0.317 e. The van der Waals surface area contributed by atoms with Gasteiger partial charge in [0.1, 0.15) is 0 Å². The number of morpholine rings is 1. The predicted molar refractivity (Wildman–Crippen MR) is 141 cm³/mol. The molecule has 2 aliphatic rings. The normalized spacial score (nSPS) is 18.0. The largest absolute Gasteiger partial charge is 0.493 e. The first-order valence-corrected chi connectivity index (χ1v) is 13.0. The highest BCUT2D eigenvalue weighted by Crippen LogP contribution is 2.32. The zero-order chi connectivity index (χ0) is 25.3. The molecule has 0 saturated carbocycles. The van der Waals surface area contributed by atoms with Crippen LogP contribution < -0.4 is 14.8 Å². The Morgan fingerprint density at radius 2 is 1.78 bits per heavy atom. The van der Waals surface area contributed by atoms with Crippen LogP contribution in [-0.4, -0.2) is 93.5 Å². The number of carbonyl (C=O) groups excluding carboxylic acids is 1. The van der Waals surface area contributed by atoms with E-state index in [1.165, 1.54) is 11.1 Å². The summed E-state index contributed by atoms with van der Waals surface area (Å²) in [6, 6.07) is 14.6. The first kappa shape index (κ1) is 26.3. The third-order valence-corrected chi connectivity index (χ3v) is 7.12. The Morgan fingerprint density at radius 3 is 2.47 bits per heavy atom. The number of benzene rings is 2. The Bertz CT molecular complexity index is 987. The van der Waals surface area contributed by atoms with Gasteiger partial charge in [-0.05, 0) is 42.7 Å². The summed E-state index contributed by atoms with van der Waals surface area (Å²) in [7, 11) is 1.66. The number of hydrogen-bond donors (Lipinski definition) is 1. The summed E-state index contributed by atoms with van der Waals surface area (Å²) < 4.78 is 16.9. The number of ether oxygens (including phenoxy) is 3. The van der Waals surface area contributed by atoms with Gasteiger partial charge in [0.05, 0.1) is 33.0 Å². The van der Waals surface area contributed by atoms with Crippen LogP contribution in [0.1, 0.15) is 29.7 Å². The number of hydrogen-bond acceptors (Lipinski definition) is 6. The van der Waals surface area contributed by atoms with Crippen molar-refractivity contribution in [1.82, 2.24) is 20.0 Å². The summed E-state index contributed by atoms with van der Waals surface area (Å²) in [5.41, 5.74) is 3.77. The fourth-order valence-electron chi connectivity index (χ4n) is 4.95. The van der Waals surface area contributed by atoms with Crippen molar-refractivity contribution in [1.29, 1.82) is 0 Å². The molecule has 1 atom stereocenters. The maximum atomic E-state index is 13.1. The molecule has 2 aromatic carbocycles. The van der Waals surface area contributed by atoms with Gasteiger partial charge in [-0.2, -0.15) is 0 Å². The first-order chi connectivity index (χ1) is 17.6. The minimum Gasteiger partial charge on any atom is -0.493 e. The Kier molecular flexibility index (Phi) is 9.44. The highest BCUT2D eigenvalue weighted by Gasteiger charge is 2.26. The highest BCUT2D eigenvalue weighted by molar-refractivity contribution is 5.74.